The zero-order valence-electron chi connectivity index (χ0n) is 19.3. The van der Waals surface area contributed by atoms with Crippen molar-refractivity contribution in [2.45, 2.75) is 20.3 Å². The van der Waals surface area contributed by atoms with E-state index < -0.39 is 35.6 Å². The molecule has 0 bridgehead atoms. The first kappa shape index (κ1) is 23.8. The molecule has 4 rings (SSSR count). The summed E-state index contributed by atoms with van der Waals surface area (Å²) in [7, 11) is 0. The zero-order valence-corrected chi connectivity index (χ0v) is 19.3. The maximum atomic E-state index is 13.4. The molecule has 0 aliphatic carbocycles. The highest BCUT2D eigenvalue weighted by atomic mass is 16.5. The standard InChI is InChI=1S/C25H24N4O6/c1-3-34-24(32)20-18(22(30)28(26-20)16-11-7-5-8-12-16)15-19-21(25(33)35-4-2)27-29(23(19)31)17-13-9-6-10-14-17/h5-14,18-19H,3-4,15H2,1-2H3. The van der Waals surface area contributed by atoms with E-state index in [0.717, 1.165) is 10.0 Å². The zero-order chi connectivity index (χ0) is 24.9. The van der Waals surface area contributed by atoms with E-state index in [4.69, 9.17) is 9.47 Å². The van der Waals surface area contributed by atoms with Crippen LogP contribution in [-0.4, -0.2) is 48.4 Å². The summed E-state index contributed by atoms with van der Waals surface area (Å²) < 4.78 is 10.2. The third kappa shape index (κ3) is 4.68. The second kappa shape index (κ2) is 10.3. The fourth-order valence-electron chi connectivity index (χ4n) is 3.93. The lowest BCUT2D eigenvalue weighted by Gasteiger charge is -2.18. The van der Waals surface area contributed by atoms with Gasteiger partial charge in [-0.15, -0.1) is 0 Å². The summed E-state index contributed by atoms with van der Waals surface area (Å²) >= 11 is 0. The van der Waals surface area contributed by atoms with Crippen LogP contribution in [0.3, 0.4) is 0 Å². The van der Waals surface area contributed by atoms with Crippen LogP contribution in [0.2, 0.25) is 0 Å². The molecular formula is C25H24N4O6. The number of carbonyl (C=O) groups excluding carboxylic acids is 4. The van der Waals surface area contributed by atoms with Gasteiger partial charge in [0.05, 0.1) is 36.4 Å². The molecule has 0 fully saturated rings. The van der Waals surface area contributed by atoms with E-state index >= 15 is 0 Å². The van der Waals surface area contributed by atoms with Crippen LogP contribution in [0.15, 0.2) is 70.9 Å². The largest absolute Gasteiger partial charge is 0.461 e. The second-order valence-corrected chi connectivity index (χ2v) is 7.72. The molecule has 2 amide bonds. The van der Waals surface area contributed by atoms with Crippen molar-refractivity contribution in [2.24, 2.45) is 22.0 Å². The Balaban J connectivity index is 1.68. The number of carbonyl (C=O) groups is 4. The number of benzene rings is 2. The van der Waals surface area contributed by atoms with E-state index in [2.05, 4.69) is 10.2 Å². The van der Waals surface area contributed by atoms with Gasteiger partial charge in [-0.2, -0.15) is 20.2 Å². The molecule has 2 heterocycles. The van der Waals surface area contributed by atoms with Gasteiger partial charge in [-0.1, -0.05) is 36.4 Å². The summed E-state index contributed by atoms with van der Waals surface area (Å²) in [4.78, 5) is 52.2. The van der Waals surface area contributed by atoms with Gasteiger partial charge in [0.25, 0.3) is 11.8 Å². The number of amides is 2. The Labute approximate surface area is 201 Å². The number of rotatable bonds is 8. The van der Waals surface area contributed by atoms with E-state index in [1.165, 1.54) is 0 Å². The molecule has 35 heavy (non-hydrogen) atoms. The summed E-state index contributed by atoms with van der Waals surface area (Å²) in [6.07, 6.45) is -0.195. The number of hydrogen-bond acceptors (Lipinski definition) is 8. The summed E-state index contributed by atoms with van der Waals surface area (Å²) in [5.74, 6) is -4.76. The molecule has 0 spiro atoms. The fraction of sp³-hybridized carbons (Fsp3) is 0.280. The third-order valence-electron chi connectivity index (χ3n) is 5.53. The van der Waals surface area contributed by atoms with Crippen molar-refractivity contribution >= 4 is 46.6 Å². The van der Waals surface area contributed by atoms with E-state index in [9.17, 15) is 19.2 Å². The molecule has 2 aromatic rings. The van der Waals surface area contributed by atoms with Crippen molar-refractivity contribution in [1.29, 1.82) is 0 Å². The maximum absolute atomic E-state index is 13.4. The lowest BCUT2D eigenvalue weighted by Crippen LogP contribution is -2.38. The molecule has 2 aliphatic heterocycles. The van der Waals surface area contributed by atoms with Crippen molar-refractivity contribution in [3.63, 3.8) is 0 Å². The van der Waals surface area contributed by atoms with Crippen molar-refractivity contribution in [3.05, 3.63) is 60.7 Å². The summed E-state index contributed by atoms with van der Waals surface area (Å²) in [6.45, 7) is 3.46. The Bertz CT molecular complexity index is 1100. The summed E-state index contributed by atoms with van der Waals surface area (Å²) in [5.41, 5.74) is 0.666. The van der Waals surface area contributed by atoms with Crippen LogP contribution in [0.4, 0.5) is 11.4 Å². The molecule has 0 aromatic heterocycles. The maximum Gasteiger partial charge on any atom is 0.355 e. The van der Waals surface area contributed by atoms with Gasteiger partial charge in [-0.05, 0) is 44.5 Å². The van der Waals surface area contributed by atoms with Crippen molar-refractivity contribution in [1.82, 2.24) is 0 Å². The number of nitrogens with zero attached hydrogens (tertiary/aromatic N) is 4. The summed E-state index contributed by atoms with van der Waals surface area (Å²) in [6, 6.07) is 17.2. The van der Waals surface area contributed by atoms with Crippen molar-refractivity contribution in [3.8, 4) is 0 Å². The Kier molecular flexibility index (Phi) is 7.00. The monoisotopic (exact) mass is 476 g/mol. The van der Waals surface area contributed by atoms with Gasteiger partial charge in [0.15, 0.2) is 11.4 Å². The molecule has 2 atom stereocenters. The number of hydrazone groups is 2. The fourth-order valence-corrected chi connectivity index (χ4v) is 3.93. The molecule has 10 heteroatoms. The topological polar surface area (TPSA) is 118 Å². The molecule has 2 aliphatic rings. The average Bonchev–Trinajstić information content (AvgIpc) is 3.38. The Morgan fingerprint density at radius 1 is 0.714 bits per heavy atom. The first-order valence-corrected chi connectivity index (χ1v) is 11.3. The van der Waals surface area contributed by atoms with E-state index in [1.807, 2.05) is 0 Å². The smallest absolute Gasteiger partial charge is 0.355 e. The van der Waals surface area contributed by atoms with Gasteiger partial charge in [-0.25, -0.2) is 9.59 Å². The predicted molar refractivity (Wildman–Crippen MR) is 128 cm³/mol. The quantitative estimate of drug-likeness (QED) is 0.541. The van der Waals surface area contributed by atoms with Crippen LogP contribution in [-0.2, 0) is 28.7 Å². The summed E-state index contributed by atoms with van der Waals surface area (Å²) in [5, 5.41) is 10.7. The Hall–Kier alpha value is -4.34. The molecular weight excluding hydrogens is 452 g/mol. The van der Waals surface area contributed by atoms with Gasteiger partial charge >= 0.3 is 11.9 Å². The third-order valence-corrected chi connectivity index (χ3v) is 5.53. The van der Waals surface area contributed by atoms with E-state index in [1.54, 1.807) is 74.5 Å². The number of ether oxygens (including phenoxy) is 2. The highest BCUT2D eigenvalue weighted by Crippen LogP contribution is 2.33. The second-order valence-electron chi connectivity index (χ2n) is 7.72. The van der Waals surface area contributed by atoms with Crippen molar-refractivity contribution < 1.29 is 28.7 Å². The number of hydrogen-bond donors (Lipinski definition) is 0. The van der Waals surface area contributed by atoms with Gasteiger partial charge < -0.3 is 9.47 Å². The highest BCUT2D eigenvalue weighted by Gasteiger charge is 2.48. The SMILES string of the molecule is CCOC(=O)C1=NN(c2ccccc2)C(=O)C1CC1C(=O)N(c2ccccc2)N=C1C(=O)OCC. The lowest BCUT2D eigenvalue weighted by atomic mass is 9.87. The molecule has 180 valence electrons. The lowest BCUT2D eigenvalue weighted by molar-refractivity contribution is -0.136. The first-order chi connectivity index (χ1) is 17.0. The molecule has 0 saturated heterocycles. The Morgan fingerprint density at radius 2 is 1.09 bits per heavy atom. The molecule has 0 N–H and O–H groups in total. The minimum atomic E-state index is -1.11. The minimum absolute atomic E-state index is 0.0871. The normalized spacial score (nSPS) is 19.5. The van der Waals surface area contributed by atoms with Gasteiger partial charge in [-0.3, -0.25) is 9.59 Å². The van der Waals surface area contributed by atoms with Gasteiger partial charge in [0, 0.05) is 0 Å². The van der Waals surface area contributed by atoms with Gasteiger partial charge in [0.1, 0.15) is 0 Å². The molecule has 2 unspecified atom stereocenters. The van der Waals surface area contributed by atoms with Crippen LogP contribution in [0.5, 0.6) is 0 Å². The first-order valence-electron chi connectivity index (χ1n) is 11.3. The van der Waals surface area contributed by atoms with Crippen LogP contribution in [0, 0.1) is 11.8 Å². The van der Waals surface area contributed by atoms with Crippen molar-refractivity contribution in [2.75, 3.05) is 23.2 Å². The molecule has 0 saturated carbocycles. The molecule has 0 radical (unpaired) electrons. The average molecular weight is 476 g/mol. The number of anilines is 2. The molecule has 2 aromatic carbocycles. The van der Waals surface area contributed by atoms with E-state index in [0.29, 0.717) is 11.4 Å². The van der Waals surface area contributed by atoms with Crippen LogP contribution in [0.25, 0.3) is 0 Å². The van der Waals surface area contributed by atoms with Crippen LogP contribution < -0.4 is 10.0 Å². The minimum Gasteiger partial charge on any atom is -0.461 e. The van der Waals surface area contributed by atoms with Crippen LogP contribution in [0.1, 0.15) is 20.3 Å². The Morgan fingerprint density at radius 3 is 1.43 bits per heavy atom. The van der Waals surface area contributed by atoms with E-state index in [-0.39, 0.29) is 31.1 Å². The predicted octanol–water partition coefficient (Wildman–Crippen LogP) is 2.54. The number of para-hydroxylation sites is 2. The van der Waals surface area contributed by atoms with Gasteiger partial charge in [0.2, 0.25) is 0 Å². The van der Waals surface area contributed by atoms with Crippen LogP contribution >= 0.6 is 0 Å². The molecule has 10 nitrogen and oxygen atoms in total. The number of esters is 2. The highest BCUT2D eigenvalue weighted by molar-refractivity contribution is 6.46.